The number of halogens is 1. The van der Waals surface area contributed by atoms with Gasteiger partial charge < -0.3 is 9.47 Å². The first-order valence-corrected chi connectivity index (χ1v) is 5.34. The SMILES string of the molecule is C#CCOc1cc(Br)c(C)c(C(=O)OC)c1. The summed E-state index contributed by atoms with van der Waals surface area (Å²) >= 11 is 3.35. The van der Waals surface area contributed by atoms with Gasteiger partial charge in [-0.2, -0.15) is 0 Å². The summed E-state index contributed by atoms with van der Waals surface area (Å²) in [6.45, 7) is 1.98. The highest BCUT2D eigenvalue weighted by molar-refractivity contribution is 9.10. The summed E-state index contributed by atoms with van der Waals surface area (Å²) in [4.78, 5) is 11.5. The summed E-state index contributed by atoms with van der Waals surface area (Å²) in [5, 5.41) is 0. The molecule has 0 saturated heterocycles. The molecule has 0 unspecified atom stereocenters. The van der Waals surface area contributed by atoms with Gasteiger partial charge in [0.15, 0.2) is 0 Å². The molecule has 0 saturated carbocycles. The number of carbonyl (C=O) groups excluding carboxylic acids is 1. The zero-order valence-electron chi connectivity index (χ0n) is 9.04. The molecule has 1 aromatic rings. The molecule has 0 bridgehead atoms. The van der Waals surface area contributed by atoms with E-state index in [4.69, 9.17) is 11.2 Å². The Morgan fingerprint density at radius 2 is 2.25 bits per heavy atom. The predicted molar refractivity (Wildman–Crippen MR) is 64.5 cm³/mol. The Kier molecular flexibility index (Phi) is 4.39. The number of methoxy groups -OCH3 is 1. The maximum absolute atomic E-state index is 11.5. The molecule has 0 heterocycles. The van der Waals surface area contributed by atoms with Crippen molar-refractivity contribution < 1.29 is 14.3 Å². The van der Waals surface area contributed by atoms with Gasteiger partial charge in [0, 0.05) is 4.47 Å². The van der Waals surface area contributed by atoms with E-state index < -0.39 is 5.97 Å². The molecule has 3 nitrogen and oxygen atoms in total. The quantitative estimate of drug-likeness (QED) is 0.631. The zero-order valence-corrected chi connectivity index (χ0v) is 10.6. The Morgan fingerprint density at radius 3 is 2.81 bits per heavy atom. The molecule has 0 spiro atoms. The Balaban J connectivity index is 3.12. The highest BCUT2D eigenvalue weighted by Gasteiger charge is 2.13. The smallest absolute Gasteiger partial charge is 0.338 e. The van der Waals surface area contributed by atoms with Crippen LogP contribution in [0.5, 0.6) is 5.75 Å². The molecule has 1 rings (SSSR count). The van der Waals surface area contributed by atoms with E-state index in [1.54, 1.807) is 12.1 Å². The van der Waals surface area contributed by atoms with Crippen LogP contribution in [0, 0.1) is 19.3 Å². The van der Waals surface area contributed by atoms with Gasteiger partial charge in [0.05, 0.1) is 12.7 Å². The van der Waals surface area contributed by atoms with Crippen LogP contribution in [0.25, 0.3) is 0 Å². The highest BCUT2D eigenvalue weighted by atomic mass is 79.9. The first kappa shape index (κ1) is 12.6. The van der Waals surface area contributed by atoms with E-state index in [9.17, 15) is 4.79 Å². The fourth-order valence-electron chi connectivity index (χ4n) is 1.18. The molecule has 0 fully saturated rings. The van der Waals surface area contributed by atoms with Gasteiger partial charge in [-0.25, -0.2) is 4.79 Å². The first-order chi connectivity index (χ1) is 7.60. The zero-order chi connectivity index (χ0) is 12.1. The minimum absolute atomic E-state index is 0.163. The summed E-state index contributed by atoms with van der Waals surface area (Å²) in [6, 6.07) is 3.38. The average Bonchev–Trinajstić information content (AvgIpc) is 2.29. The van der Waals surface area contributed by atoms with Crippen molar-refractivity contribution >= 4 is 21.9 Å². The molecule has 0 aromatic heterocycles. The van der Waals surface area contributed by atoms with Crippen LogP contribution >= 0.6 is 15.9 Å². The normalized spacial score (nSPS) is 9.38. The van der Waals surface area contributed by atoms with Crippen molar-refractivity contribution in [2.75, 3.05) is 13.7 Å². The molecule has 0 radical (unpaired) electrons. The minimum Gasteiger partial charge on any atom is -0.481 e. The summed E-state index contributed by atoms with van der Waals surface area (Å²) in [5.41, 5.74) is 1.27. The summed E-state index contributed by atoms with van der Waals surface area (Å²) in [6.07, 6.45) is 5.09. The van der Waals surface area contributed by atoms with E-state index in [1.807, 2.05) is 6.92 Å². The molecule has 0 atom stereocenters. The number of benzene rings is 1. The lowest BCUT2D eigenvalue weighted by atomic mass is 10.1. The van der Waals surface area contributed by atoms with E-state index in [-0.39, 0.29) is 6.61 Å². The number of esters is 1. The van der Waals surface area contributed by atoms with Crippen molar-refractivity contribution in [3.8, 4) is 18.1 Å². The molecular formula is C12H11BrO3. The van der Waals surface area contributed by atoms with Crippen LogP contribution in [0.4, 0.5) is 0 Å². The lowest BCUT2D eigenvalue weighted by Crippen LogP contribution is -2.05. The number of ether oxygens (including phenoxy) is 2. The average molecular weight is 283 g/mol. The highest BCUT2D eigenvalue weighted by Crippen LogP contribution is 2.27. The van der Waals surface area contributed by atoms with E-state index >= 15 is 0 Å². The predicted octanol–water partition coefficient (Wildman–Crippen LogP) is 2.56. The molecule has 1 aromatic carbocycles. The molecule has 16 heavy (non-hydrogen) atoms. The standard InChI is InChI=1S/C12H11BrO3/c1-4-5-16-9-6-10(12(14)15-3)8(2)11(13)7-9/h1,6-7H,5H2,2-3H3. The second-order valence-electron chi connectivity index (χ2n) is 3.06. The van der Waals surface area contributed by atoms with E-state index in [2.05, 4.69) is 26.6 Å². The topological polar surface area (TPSA) is 35.5 Å². The van der Waals surface area contributed by atoms with Gasteiger partial charge in [-0.1, -0.05) is 21.9 Å². The van der Waals surface area contributed by atoms with Crippen molar-refractivity contribution in [3.63, 3.8) is 0 Å². The minimum atomic E-state index is -0.399. The fourth-order valence-corrected chi connectivity index (χ4v) is 1.62. The molecule has 84 valence electrons. The molecule has 0 amide bonds. The number of terminal acetylenes is 1. The number of rotatable bonds is 3. The third-order valence-corrected chi connectivity index (χ3v) is 2.87. The van der Waals surface area contributed by atoms with Crippen molar-refractivity contribution in [1.29, 1.82) is 0 Å². The van der Waals surface area contributed by atoms with Crippen LogP contribution in [-0.2, 0) is 4.74 Å². The molecule has 0 N–H and O–H groups in total. The largest absolute Gasteiger partial charge is 0.481 e. The van der Waals surface area contributed by atoms with Gasteiger partial charge in [-0.15, -0.1) is 6.42 Å². The van der Waals surface area contributed by atoms with Crippen molar-refractivity contribution in [3.05, 3.63) is 27.7 Å². The Labute approximate surface area is 103 Å². The molecule has 0 aliphatic rings. The van der Waals surface area contributed by atoms with Crippen LogP contribution in [0.2, 0.25) is 0 Å². The van der Waals surface area contributed by atoms with Crippen molar-refractivity contribution in [2.24, 2.45) is 0 Å². The van der Waals surface area contributed by atoms with Gasteiger partial charge >= 0.3 is 5.97 Å². The van der Waals surface area contributed by atoms with E-state index in [0.29, 0.717) is 11.3 Å². The van der Waals surface area contributed by atoms with Gasteiger partial charge in [-0.3, -0.25) is 0 Å². The maximum Gasteiger partial charge on any atom is 0.338 e. The molecule has 4 heteroatoms. The van der Waals surface area contributed by atoms with Crippen LogP contribution in [0.1, 0.15) is 15.9 Å². The lowest BCUT2D eigenvalue weighted by Gasteiger charge is -2.09. The summed E-state index contributed by atoms with van der Waals surface area (Å²) < 4.78 is 10.7. The van der Waals surface area contributed by atoms with Gasteiger partial charge in [0.1, 0.15) is 12.4 Å². The second-order valence-corrected chi connectivity index (χ2v) is 3.92. The number of hydrogen-bond donors (Lipinski definition) is 0. The summed E-state index contributed by atoms with van der Waals surface area (Å²) in [5.74, 6) is 2.50. The van der Waals surface area contributed by atoms with Crippen molar-refractivity contribution in [1.82, 2.24) is 0 Å². The molecular weight excluding hydrogens is 272 g/mol. The lowest BCUT2D eigenvalue weighted by molar-refractivity contribution is 0.0599. The molecule has 0 aliphatic carbocycles. The fraction of sp³-hybridized carbons (Fsp3) is 0.250. The second kappa shape index (κ2) is 5.57. The van der Waals surface area contributed by atoms with Crippen LogP contribution < -0.4 is 4.74 Å². The van der Waals surface area contributed by atoms with Gasteiger partial charge in [-0.05, 0) is 24.6 Å². The van der Waals surface area contributed by atoms with Crippen LogP contribution in [-0.4, -0.2) is 19.7 Å². The summed E-state index contributed by atoms with van der Waals surface area (Å²) in [7, 11) is 1.34. The first-order valence-electron chi connectivity index (χ1n) is 4.55. The third kappa shape index (κ3) is 2.77. The van der Waals surface area contributed by atoms with Gasteiger partial charge in [0.2, 0.25) is 0 Å². The third-order valence-electron chi connectivity index (χ3n) is 2.05. The number of carbonyl (C=O) groups is 1. The van der Waals surface area contributed by atoms with Gasteiger partial charge in [0.25, 0.3) is 0 Å². The van der Waals surface area contributed by atoms with E-state index in [1.165, 1.54) is 7.11 Å². The van der Waals surface area contributed by atoms with Crippen molar-refractivity contribution in [2.45, 2.75) is 6.92 Å². The Bertz CT molecular complexity index is 446. The van der Waals surface area contributed by atoms with Crippen LogP contribution in [0.15, 0.2) is 16.6 Å². The maximum atomic E-state index is 11.5. The monoisotopic (exact) mass is 282 g/mol. The molecule has 0 aliphatic heterocycles. The number of hydrogen-bond acceptors (Lipinski definition) is 3. The Morgan fingerprint density at radius 1 is 1.56 bits per heavy atom. The Hall–Kier alpha value is -1.47. The van der Waals surface area contributed by atoms with Crippen LogP contribution in [0.3, 0.4) is 0 Å². The van der Waals surface area contributed by atoms with E-state index in [0.717, 1.165) is 10.0 Å².